The number of ether oxygens (including phenoxy) is 1. The van der Waals surface area contributed by atoms with E-state index in [4.69, 9.17) is 43.8 Å². The van der Waals surface area contributed by atoms with E-state index >= 15 is 0 Å². The van der Waals surface area contributed by atoms with Crippen molar-refractivity contribution in [3.05, 3.63) is 70.3 Å². The van der Waals surface area contributed by atoms with Crippen LogP contribution >= 0.6 is 23.2 Å². The summed E-state index contributed by atoms with van der Waals surface area (Å²) in [6.07, 6.45) is 2.51. The number of rotatable bonds is 5. The summed E-state index contributed by atoms with van der Waals surface area (Å²) in [6, 6.07) is 10.3. The third kappa shape index (κ3) is 4.72. The number of hydrogen-bond donors (Lipinski definition) is 2. The molecule has 0 bridgehead atoms. The van der Waals surface area contributed by atoms with Crippen molar-refractivity contribution in [1.29, 1.82) is 0 Å². The number of nitrogens with two attached hydrogens (primary N) is 2. The van der Waals surface area contributed by atoms with Gasteiger partial charge in [0.15, 0.2) is 11.4 Å². The number of pyridine rings is 1. The molecule has 1 aliphatic heterocycles. The molecular weight excluding hydrogens is 520 g/mol. The van der Waals surface area contributed by atoms with Crippen molar-refractivity contribution >= 4 is 51.7 Å². The van der Waals surface area contributed by atoms with E-state index in [9.17, 15) is 9.18 Å². The van der Waals surface area contributed by atoms with E-state index in [0.29, 0.717) is 42.7 Å². The van der Waals surface area contributed by atoms with Crippen LogP contribution in [0.25, 0.3) is 22.1 Å². The fourth-order valence-corrected chi connectivity index (χ4v) is 5.18. The largest absolute Gasteiger partial charge is 0.478 e. The Labute approximate surface area is 222 Å². The van der Waals surface area contributed by atoms with Crippen molar-refractivity contribution in [2.45, 2.75) is 13.0 Å². The fraction of sp³-hybridized carbons (Fsp3) is 0.231. The normalized spacial score (nSPS) is 14.7. The molecule has 4 N–H and O–H groups in total. The first-order valence-electron chi connectivity index (χ1n) is 11.6. The molecule has 1 aliphatic rings. The lowest BCUT2D eigenvalue weighted by molar-refractivity contribution is 0.204. The minimum Gasteiger partial charge on any atom is -0.478 e. The van der Waals surface area contributed by atoms with E-state index in [-0.39, 0.29) is 21.6 Å². The molecule has 0 radical (unpaired) electrons. The average molecular weight is 544 g/mol. The van der Waals surface area contributed by atoms with Gasteiger partial charge in [-0.15, -0.1) is 0 Å². The molecule has 3 heterocycles. The van der Waals surface area contributed by atoms with Crippen LogP contribution in [0, 0.1) is 5.82 Å². The second-order valence-electron chi connectivity index (χ2n) is 8.74. The van der Waals surface area contributed by atoms with Gasteiger partial charge in [0.25, 0.3) is 0 Å². The molecule has 4 aromatic rings. The summed E-state index contributed by atoms with van der Waals surface area (Å²) in [5.41, 5.74) is 15.0. The Balaban J connectivity index is 1.41. The van der Waals surface area contributed by atoms with E-state index in [1.807, 2.05) is 24.3 Å². The van der Waals surface area contributed by atoms with Gasteiger partial charge in [-0.25, -0.2) is 14.2 Å². The summed E-state index contributed by atoms with van der Waals surface area (Å²) in [5.74, 6) is -0.259. The lowest BCUT2D eigenvalue weighted by Gasteiger charge is -2.35. The van der Waals surface area contributed by atoms with E-state index in [1.54, 1.807) is 24.3 Å². The second kappa shape index (κ2) is 9.99. The summed E-state index contributed by atoms with van der Waals surface area (Å²) >= 11 is 12.4. The number of furan rings is 1. The monoisotopic (exact) mass is 543 g/mol. The highest BCUT2D eigenvalue weighted by molar-refractivity contribution is 6.36. The molecule has 5 rings (SSSR count). The zero-order valence-electron chi connectivity index (χ0n) is 19.9. The third-order valence-corrected chi connectivity index (χ3v) is 7.23. The number of nitrogen functional groups attached to an aromatic ring is 1. The van der Waals surface area contributed by atoms with Gasteiger partial charge in [0.05, 0.1) is 16.7 Å². The maximum absolute atomic E-state index is 14.1. The molecular formula is C26H24Cl2FN5O3. The molecule has 2 aromatic carbocycles. The summed E-state index contributed by atoms with van der Waals surface area (Å²) in [6.45, 7) is 4.28. The maximum atomic E-state index is 14.1. The molecule has 0 saturated carbocycles. The predicted octanol–water partition coefficient (Wildman–Crippen LogP) is 5.86. The number of carbonyl (C=O) groups excluding carboxylic acids is 1. The Kier molecular flexibility index (Phi) is 6.74. The molecule has 11 heteroatoms. The van der Waals surface area contributed by atoms with E-state index in [0.717, 1.165) is 16.8 Å². The van der Waals surface area contributed by atoms with Crippen molar-refractivity contribution in [2.24, 2.45) is 5.73 Å². The lowest BCUT2D eigenvalue weighted by Crippen LogP contribution is -2.50. The molecule has 2 aromatic heterocycles. The SMILES string of the molecule is C[C@@H](Oc1c(N)ncc2c(-c3ccc(N4CCN(C(N)=O)CC4)cc3)coc12)c1c(Cl)ccc(F)c1Cl. The molecule has 192 valence electrons. The van der Waals surface area contributed by atoms with Crippen LogP contribution in [0.3, 0.4) is 0 Å². The zero-order valence-corrected chi connectivity index (χ0v) is 21.4. The van der Waals surface area contributed by atoms with E-state index < -0.39 is 18.0 Å². The van der Waals surface area contributed by atoms with Crippen molar-refractivity contribution in [1.82, 2.24) is 9.88 Å². The lowest BCUT2D eigenvalue weighted by atomic mass is 10.0. The number of amides is 2. The first kappa shape index (κ1) is 25.0. The van der Waals surface area contributed by atoms with E-state index in [1.165, 1.54) is 12.1 Å². The first-order valence-corrected chi connectivity index (χ1v) is 12.4. The van der Waals surface area contributed by atoms with Gasteiger partial charge in [0.2, 0.25) is 5.75 Å². The molecule has 0 spiro atoms. The van der Waals surface area contributed by atoms with Crippen LogP contribution in [0.4, 0.5) is 20.7 Å². The number of urea groups is 1. The van der Waals surface area contributed by atoms with Crippen LogP contribution in [0.1, 0.15) is 18.6 Å². The Bertz CT molecular complexity index is 1470. The number of aromatic nitrogens is 1. The van der Waals surface area contributed by atoms with Gasteiger partial charge < -0.3 is 30.4 Å². The van der Waals surface area contributed by atoms with Crippen molar-refractivity contribution in [2.75, 3.05) is 36.8 Å². The van der Waals surface area contributed by atoms with Gasteiger partial charge in [0, 0.05) is 54.2 Å². The average Bonchev–Trinajstić information content (AvgIpc) is 3.33. The fourth-order valence-electron chi connectivity index (χ4n) is 4.51. The van der Waals surface area contributed by atoms with Crippen LogP contribution in [-0.2, 0) is 0 Å². The summed E-state index contributed by atoms with van der Waals surface area (Å²) in [7, 11) is 0. The van der Waals surface area contributed by atoms with Crippen LogP contribution < -0.4 is 21.1 Å². The number of primary amides is 1. The number of anilines is 2. The first-order chi connectivity index (χ1) is 17.7. The van der Waals surface area contributed by atoms with Crippen LogP contribution in [0.15, 0.2) is 53.3 Å². The van der Waals surface area contributed by atoms with Crippen molar-refractivity contribution in [3.63, 3.8) is 0 Å². The quantitative estimate of drug-likeness (QED) is 0.305. The molecule has 0 unspecified atom stereocenters. The summed E-state index contributed by atoms with van der Waals surface area (Å²) < 4.78 is 26.0. The number of benzene rings is 2. The predicted molar refractivity (Wildman–Crippen MR) is 143 cm³/mol. The standard InChI is InChI=1S/C26H24Cl2FN5O3/c1-14(21-19(27)6-7-20(29)22(21)28)37-24-23-17(12-32-25(24)30)18(13-36-23)15-2-4-16(5-3-15)33-8-10-34(11-9-33)26(31)35/h2-7,12-14H,8-11H2,1H3,(H2,30,32)(H2,31,35)/t14-/m1/s1. The molecule has 0 aliphatic carbocycles. The number of carbonyl (C=O) groups is 1. The molecule has 8 nitrogen and oxygen atoms in total. The minimum atomic E-state index is -0.728. The van der Waals surface area contributed by atoms with Crippen LogP contribution in [0.2, 0.25) is 10.0 Å². The minimum absolute atomic E-state index is 0.116. The Hall–Kier alpha value is -3.69. The third-order valence-electron chi connectivity index (χ3n) is 6.52. The Morgan fingerprint density at radius 1 is 1.14 bits per heavy atom. The molecule has 2 amide bonds. The molecule has 37 heavy (non-hydrogen) atoms. The van der Waals surface area contributed by atoms with Crippen LogP contribution in [0.5, 0.6) is 5.75 Å². The summed E-state index contributed by atoms with van der Waals surface area (Å²) in [5, 5.41) is 0.861. The van der Waals surface area contributed by atoms with Crippen LogP contribution in [-0.4, -0.2) is 42.1 Å². The van der Waals surface area contributed by atoms with E-state index in [2.05, 4.69) is 9.88 Å². The molecule has 1 saturated heterocycles. The zero-order chi connectivity index (χ0) is 26.3. The van der Waals surface area contributed by atoms with Gasteiger partial charge in [-0.05, 0) is 36.8 Å². The second-order valence-corrected chi connectivity index (χ2v) is 9.53. The highest BCUT2D eigenvalue weighted by Crippen LogP contribution is 2.41. The van der Waals surface area contributed by atoms with Crippen molar-refractivity contribution < 1.29 is 18.3 Å². The smallest absolute Gasteiger partial charge is 0.314 e. The number of piperazine rings is 1. The number of halogens is 3. The Morgan fingerprint density at radius 3 is 2.51 bits per heavy atom. The summed E-state index contributed by atoms with van der Waals surface area (Å²) in [4.78, 5) is 19.5. The van der Waals surface area contributed by atoms with Gasteiger partial charge in [-0.1, -0.05) is 35.3 Å². The van der Waals surface area contributed by atoms with Gasteiger partial charge in [0.1, 0.15) is 11.9 Å². The molecule has 1 fully saturated rings. The highest BCUT2D eigenvalue weighted by Gasteiger charge is 2.24. The van der Waals surface area contributed by atoms with Gasteiger partial charge >= 0.3 is 6.03 Å². The number of fused-ring (bicyclic) bond motifs is 1. The van der Waals surface area contributed by atoms with Gasteiger partial charge in [-0.3, -0.25) is 0 Å². The van der Waals surface area contributed by atoms with Gasteiger partial charge in [-0.2, -0.15) is 0 Å². The Morgan fingerprint density at radius 2 is 1.84 bits per heavy atom. The number of nitrogens with zero attached hydrogens (tertiary/aromatic N) is 3. The topological polar surface area (TPSA) is 111 Å². The molecule has 1 atom stereocenters. The van der Waals surface area contributed by atoms with Crippen molar-refractivity contribution in [3.8, 4) is 16.9 Å². The maximum Gasteiger partial charge on any atom is 0.314 e. The highest BCUT2D eigenvalue weighted by atomic mass is 35.5. The number of hydrogen-bond acceptors (Lipinski definition) is 6.